The maximum atomic E-state index is 10.2. The van der Waals surface area contributed by atoms with Gasteiger partial charge >= 0.3 is 0 Å². The summed E-state index contributed by atoms with van der Waals surface area (Å²) in [4.78, 5) is 12.5. The number of hydrogen-bond acceptors (Lipinski definition) is 7. The number of aromatic hydroxyl groups is 1. The normalized spacial score (nSPS) is 15.5. The number of piperidine rings is 1. The van der Waals surface area contributed by atoms with E-state index in [9.17, 15) is 5.11 Å². The molecule has 0 aliphatic carbocycles. The lowest BCUT2D eigenvalue weighted by Crippen LogP contribution is -2.46. The number of aliphatic imine (C=N–C) groups is 1. The van der Waals surface area contributed by atoms with E-state index in [1.807, 2.05) is 43.8 Å². The zero-order valence-electron chi connectivity index (χ0n) is 18.8. The summed E-state index contributed by atoms with van der Waals surface area (Å²) in [7, 11) is 1.89. The minimum atomic E-state index is 0.162. The van der Waals surface area contributed by atoms with Crippen molar-refractivity contribution in [1.29, 1.82) is 0 Å². The number of nitrogens with zero attached hydrogens (tertiary/aromatic N) is 7. The first-order valence-electron chi connectivity index (χ1n) is 11.0. The molecule has 0 radical (unpaired) electrons. The molecular weight excluding hydrogens is 408 g/mol. The number of nitrogen functional groups attached to an aromatic ring is 1. The van der Waals surface area contributed by atoms with Crippen LogP contribution in [0.4, 0.5) is 5.82 Å². The number of fused-ring (bicyclic) bond motifs is 1. The number of rotatable bonds is 5. The van der Waals surface area contributed by atoms with Crippen LogP contribution >= 0.6 is 0 Å². The molecule has 10 nitrogen and oxygen atoms in total. The fourth-order valence-electron chi connectivity index (χ4n) is 4.16. The summed E-state index contributed by atoms with van der Waals surface area (Å²) in [5.41, 5.74) is 8.77. The molecule has 2 aromatic heterocycles. The molecule has 170 valence electrons. The highest BCUT2D eigenvalue weighted by atomic mass is 16.7. The summed E-state index contributed by atoms with van der Waals surface area (Å²) >= 11 is 0. The first kappa shape index (κ1) is 21.8. The summed E-state index contributed by atoms with van der Waals surface area (Å²) in [6.45, 7) is 6.93. The van der Waals surface area contributed by atoms with Gasteiger partial charge in [0.1, 0.15) is 5.75 Å². The van der Waals surface area contributed by atoms with Gasteiger partial charge in [-0.1, -0.05) is 12.1 Å². The molecule has 0 unspecified atom stereocenters. The second-order valence-electron chi connectivity index (χ2n) is 7.72. The summed E-state index contributed by atoms with van der Waals surface area (Å²) in [6.07, 6.45) is 1.76. The Morgan fingerprint density at radius 2 is 2.00 bits per heavy atom. The number of guanidine groups is 1. The van der Waals surface area contributed by atoms with E-state index in [0.29, 0.717) is 35.7 Å². The lowest BCUT2D eigenvalue weighted by molar-refractivity contribution is -0.0837. The van der Waals surface area contributed by atoms with Gasteiger partial charge in [-0.25, -0.2) is 5.06 Å². The molecule has 0 spiro atoms. The quantitative estimate of drug-likeness (QED) is 0.355. The van der Waals surface area contributed by atoms with Gasteiger partial charge in [-0.3, -0.25) is 14.5 Å². The highest BCUT2D eigenvalue weighted by Gasteiger charge is 2.27. The topological polar surface area (TPSA) is 118 Å². The zero-order valence-corrected chi connectivity index (χ0v) is 18.8. The minimum Gasteiger partial charge on any atom is -0.507 e. The molecule has 1 saturated heterocycles. The van der Waals surface area contributed by atoms with E-state index in [4.69, 9.17) is 10.6 Å². The van der Waals surface area contributed by atoms with Crippen molar-refractivity contribution in [2.45, 2.75) is 32.7 Å². The average Bonchev–Trinajstić information content (AvgIpc) is 3.14. The van der Waals surface area contributed by atoms with E-state index in [1.165, 1.54) is 0 Å². The molecule has 1 aliphatic rings. The van der Waals surface area contributed by atoms with Gasteiger partial charge in [0.05, 0.1) is 23.9 Å². The second kappa shape index (κ2) is 9.39. The molecule has 3 aromatic rings. The number of nitrogens with two attached hydrogens (primary N) is 1. The van der Waals surface area contributed by atoms with E-state index in [2.05, 4.69) is 25.2 Å². The van der Waals surface area contributed by atoms with Gasteiger partial charge in [0.25, 0.3) is 0 Å². The third-order valence-corrected chi connectivity index (χ3v) is 5.66. The molecule has 1 aliphatic heterocycles. The van der Waals surface area contributed by atoms with Crippen molar-refractivity contribution >= 4 is 22.8 Å². The number of phenolic OH excluding ortho intramolecular Hbond substituents is 1. The van der Waals surface area contributed by atoms with Crippen LogP contribution in [0.25, 0.3) is 22.3 Å². The predicted molar refractivity (Wildman–Crippen MR) is 124 cm³/mol. The molecule has 0 atom stereocenters. The number of phenols is 1. The number of anilines is 1. The second-order valence-corrected chi connectivity index (χ2v) is 7.72. The third-order valence-electron chi connectivity index (χ3n) is 5.66. The predicted octanol–water partition coefficient (Wildman–Crippen LogP) is 2.68. The van der Waals surface area contributed by atoms with Crippen molar-refractivity contribution in [2.24, 2.45) is 4.99 Å². The zero-order chi connectivity index (χ0) is 22.7. The van der Waals surface area contributed by atoms with Crippen LogP contribution in [0, 0.1) is 0 Å². The molecule has 10 heteroatoms. The highest BCUT2D eigenvalue weighted by molar-refractivity contribution is 5.87. The lowest BCUT2D eigenvalue weighted by atomic mass is 10.1. The van der Waals surface area contributed by atoms with E-state index in [-0.39, 0.29) is 11.8 Å². The van der Waals surface area contributed by atoms with Crippen molar-refractivity contribution in [3.8, 4) is 17.0 Å². The van der Waals surface area contributed by atoms with Crippen molar-refractivity contribution < 1.29 is 9.94 Å². The van der Waals surface area contributed by atoms with E-state index < -0.39 is 0 Å². The highest BCUT2D eigenvalue weighted by Crippen LogP contribution is 2.32. The van der Waals surface area contributed by atoms with Gasteiger partial charge in [-0.15, -0.1) is 10.2 Å². The SMILES string of the molecule is CC/N=C(/N1CCC(n2nc(N)c3nnc(-c4ccccc4O)cc32)CC1)N(C)OCC. The summed E-state index contributed by atoms with van der Waals surface area (Å²) in [5, 5.41) is 25.1. The van der Waals surface area contributed by atoms with Gasteiger partial charge in [0, 0.05) is 32.2 Å². The molecule has 0 amide bonds. The van der Waals surface area contributed by atoms with Crippen LogP contribution in [-0.2, 0) is 4.84 Å². The van der Waals surface area contributed by atoms with Crippen LogP contribution < -0.4 is 5.73 Å². The molecule has 0 saturated carbocycles. The van der Waals surface area contributed by atoms with E-state index >= 15 is 0 Å². The first-order valence-corrected chi connectivity index (χ1v) is 11.0. The van der Waals surface area contributed by atoms with Crippen LogP contribution in [0.2, 0.25) is 0 Å². The van der Waals surface area contributed by atoms with Gasteiger partial charge in [-0.05, 0) is 44.9 Å². The Hall–Kier alpha value is -3.40. The van der Waals surface area contributed by atoms with Crippen molar-refractivity contribution in [3.05, 3.63) is 30.3 Å². The number of likely N-dealkylation sites (tertiary alicyclic amines) is 1. The maximum absolute atomic E-state index is 10.2. The number of para-hydroxylation sites is 1. The Morgan fingerprint density at radius 3 is 2.69 bits per heavy atom. The molecule has 32 heavy (non-hydrogen) atoms. The standard InChI is InChI=1S/C22H30N8O2/c1-4-24-22(28(3)32-5-2)29-12-10-15(11-13-29)30-18-14-17(16-8-6-7-9-19(16)31)25-26-20(18)21(23)27-30/h6-9,14-15,31H,4-5,10-13H2,1-3H3,(H2,23,27)/b24-22+. The van der Waals surface area contributed by atoms with Crippen LogP contribution in [0.5, 0.6) is 5.75 Å². The molecule has 1 aromatic carbocycles. The van der Waals surface area contributed by atoms with Gasteiger partial charge < -0.3 is 15.7 Å². The van der Waals surface area contributed by atoms with Crippen molar-refractivity contribution in [2.75, 3.05) is 39.0 Å². The Morgan fingerprint density at radius 1 is 1.25 bits per heavy atom. The fraction of sp³-hybridized carbons (Fsp3) is 0.455. The van der Waals surface area contributed by atoms with Crippen LogP contribution in [0.1, 0.15) is 32.7 Å². The smallest absolute Gasteiger partial charge is 0.220 e. The average molecular weight is 439 g/mol. The number of benzene rings is 1. The molecule has 3 heterocycles. The van der Waals surface area contributed by atoms with E-state index in [0.717, 1.165) is 37.4 Å². The van der Waals surface area contributed by atoms with Gasteiger partial charge in [0.2, 0.25) is 5.96 Å². The largest absolute Gasteiger partial charge is 0.507 e. The first-order chi connectivity index (χ1) is 15.5. The van der Waals surface area contributed by atoms with Crippen molar-refractivity contribution in [1.82, 2.24) is 29.9 Å². The lowest BCUT2D eigenvalue weighted by Gasteiger charge is -2.36. The molecule has 0 bridgehead atoms. The fourth-order valence-corrected chi connectivity index (χ4v) is 4.16. The third kappa shape index (κ3) is 4.18. The molecular formula is C22H30N8O2. The van der Waals surface area contributed by atoms with Crippen LogP contribution in [0.15, 0.2) is 35.3 Å². The Balaban J connectivity index is 1.59. The summed E-state index contributed by atoms with van der Waals surface area (Å²) < 4.78 is 1.96. The molecule has 1 fully saturated rings. The Kier molecular flexibility index (Phi) is 6.40. The van der Waals surface area contributed by atoms with Gasteiger partial charge in [-0.2, -0.15) is 5.10 Å². The summed E-state index contributed by atoms with van der Waals surface area (Å²) in [5.74, 6) is 1.38. The number of aromatic nitrogens is 4. The van der Waals surface area contributed by atoms with Gasteiger partial charge in [0.15, 0.2) is 11.3 Å². The maximum Gasteiger partial charge on any atom is 0.220 e. The van der Waals surface area contributed by atoms with Crippen LogP contribution in [-0.4, -0.2) is 74.3 Å². The van der Waals surface area contributed by atoms with E-state index in [1.54, 1.807) is 17.2 Å². The van der Waals surface area contributed by atoms with Crippen LogP contribution in [0.3, 0.4) is 0 Å². The number of hydrogen-bond donors (Lipinski definition) is 2. The molecule has 3 N–H and O–H groups in total. The summed E-state index contributed by atoms with van der Waals surface area (Å²) in [6, 6.07) is 9.17. The Labute approximate surface area is 187 Å². The number of hydroxylamine groups is 2. The van der Waals surface area contributed by atoms with Crippen molar-refractivity contribution in [3.63, 3.8) is 0 Å². The monoisotopic (exact) mass is 438 g/mol. The Bertz CT molecular complexity index is 1100. The minimum absolute atomic E-state index is 0.162. The molecule has 4 rings (SSSR count).